The number of hydrogen-bond acceptors (Lipinski definition) is 6. The van der Waals surface area contributed by atoms with Crippen molar-refractivity contribution < 1.29 is 18.8 Å². The third kappa shape index (κ3) is 3.77. The number of benzene rings is 3. The number of piperidine rings is 1. The highest BCUT2D eigenvalue weighted by Crippen LogP contribution is 2.36. The van der Waals surface area contributed by atoms with Crippen LogP contribution in [-0.4, -0.2) is 24.1 Å². The summed E-state index contributed by atoms with van der Waals surface area (Å²) in [7, 11) is 1.66. The Morgan fingerprint density at radius 1 is 1.13 bits per heavy atom. The van der Waals surface area contributed by atoms with E-state index in [-0.39, 0.29) is 11.8 Å². The van der Waals surface area contributed by atoms with Gasteiger partial charge in [0.25, 0.3) is 0 Å². The summed E-state index contributed by atoms with van der Waals surface area (Å²) < 4.78 is 10.7. The van der Waals surface area contributed by atoms with Crippen LogP contribution in [0.1, 0.15) is 30.0 Å². The fourth-order valence-electron chi connectivity index (χ4n) is 3.94. The van der Waals surface area contributed by atoms with Gasteiger partial charge in [0.1, 0.15) is 11.4 Å². The molecule has 7 heteroatoms. The Labute approximate surface area is 182 Å². The van der Waals surface area contributed by atoms with Crippen LogP contribution in [0.15, 0.2) is 64.0 Å². The average molecular weight is 433 g/mol. The number of ether oxygens (including phenoxy) is 1. The third-order valence-electron chi connectivity index (χ3n) is 5.59. The number of aromatic nitrogens is 1. The Hall–Kier alpha value is -3.32. The van der Waals surface area contributed by atoms with Crippen LogP contribution in [0.3, 0.4) is 0 Å². The van der Waals surface area contributed by atoms with E-state index in [0.29, 0.717) is 24.1 Å². The maximum absolute atomic E-state index is 12.4. The molecule has 0 saturated carbocycles. The van der Waals surface area contributed by atoms with Crippen molar-refractivity contribution in [3.05, 3.63) is 65.9 Å². The molecule has 1 aliphatic rings. The number of nitrogens with zero attached hydrogens (tertiary/aromatic N) is 1. The van der Waals surface area contributed by atoms with E-state index in [2.05, 4.69) is 40.8 Å². The standard InChI is InChI=1S/C24H20N2O4S/c1-29-16-5-2-14(3-6-16)13-31-17-7-8-18-15(12-17)4-10-20-22(18)23(26-30-20)19-9-11-21(27)25-24(19)28/h2-8,10,12,19H,9,11,13H2,1H3,(H,25,27,28). The number of hydrogen-bond donors (Lipinski definition) is 1. The van der Waals surface area contributed by atoms with Crippen LogP contribution in [0.5, 0.6) is 5.75 Å². The summed E-state index contributed by atoms with van der Waals surface area (Å²) in [5, 5.41) is 9.50. The second-order valence-electron chi connectivity index (χ2n) is 7.53. The lowest BCUT2D eigenvalue weighted by atomic mass is 9.91. The van der Waals surface area contributed by atoms with Crippen molar-refractivity contribution in [2.75, 3.05) is 7.11 Å². The third-order valence-corrected chi connectivity index (χ3v) is 6.65. The van der Waals surface area contributed by atoms with Crippen molar-refractivity contribution in [1.29, 1.82) is 0 Å². The number of rotatable bonds is 5. The molecule has 0 bridgehead atoms. The Kier molecular flexibility index (Phi) is 5.11. The van der Waals surface area contributed by atoms with E-state index in [1.165, 1.54) is 5.56 Å². The highest BCUT2D eigenvalue weighted by molar-refractivity contribution is 7.98. The molecule has 0 radical (unpaired) electrons. The van der Waals surface area contributed by atoms with Crippen LogP contribution in [0.25, 0.3) is 21.7 Å². The Morgan fingerprint density at radius 3 is 2.74 bits per heavy atom. The van der Waals surface area contributed by atoms with Gasteiger partial charge in [-0.1, -0.05) is 29.4 Å². The van der Waals surface area contributed by atoms with Gasteiger partial charge < -0.3 is 9.26 Å². The summed E-state index contributed by atoms with van der Waals surface area (Å²) >= 11 is 1.76. The number of methoxy groups -OCH3 is 1. The van der Waals surface area contributed by atoms with E-state index in [0.717, 1.165) is 32.6 Å². The molecule has 6 nitrogen and oxygen atoms in total. The normalized spacial score (nSPS) is 16.6. The predicted molar refractivity (Wildman–Crippen MR) is 119 cm³/mol. The number of amides is 2. The molecule has 2 amide bonds. The lowest BCUT2D eigenvalue weighted by Crippen LogP contribution is -2.39. The SMILES string of the molecule is COc1ccc(CSc2ccc3c(ccc4onc(C5CCC(=O)NC5=O)c43)c2)cc1. The first-order valence-electron chi connectivity index (χ1n) is 10.0. The van der Waals surface area contributed by atoms with Gasteiger partial charge in [-0.2, -0.15) is 0 Å². The molecule has 1 aromatic heterocycles. The second-order valence-corrected chi connectivity index (χ2v) is 8.58. The molecule has 1 N–H and O–H groups in total. The van der Waals surface area contributed by atoms with Crippen LogP contribution in [0.4, 0.5) is 0 Å². The number of carbonyl (C=O) groups is 2. The molecule has 0 spiro atoms. The largest absolute Gasteiger partial charge is 0.497 e. The van der Waals surface area contributed by atoms with Gasteiger partial charge in [-0.05, 0) is 53.1 Å². The van der Waals surface area contributed by atoms with Gasteiger partial charge in [0.15, 0.2) is 5.58 Å². The maximum atomic E-state index is 12.4. The number of nitrogens with one attached hydrogen (secondary N) is 1. The molecule has 2 heterocycles. The van der Waals surface area contributed by atoms with Crippen molar-refractivity contribution >= 4 is 45.3 Å². The van der Waals surface area contributed by atoms with E-state index in [9.17, 15) is 9.59 Å². The molecule has 0 aliphatic carbocycles. The van der Waals surface area contributed by atoms with Crippen molar-refractivity contribution in [1.82, 2.24) is 10.5 Å². The van der Waals surface area contributed by atoms with Gasteiger partial charge in [0.05, 0.1) is 18.4 Å². The van der Waals surface area contributed by atoms with Crippen LogP contribution in [0, 0.1) is 0 Å². The Bertz CT molecular complexity index is 1300. The minimum Gasteiger partial charge on any atom is -0.497 e. The van der Waals surface area contributed by atoms with E-state index in [4.69, 9.17) is 9.26 Å². The molecule has 1 saturated heterocycles. The summed E-state index contributed by atoms with van der Waals surface area (Å²) in [6.07, 6.45) is 0.750. The molecular weight excluding hydrogens is 412 g/mol. The first-order chi connectivity index (χ1) is 15.1. The fourth-order valence-corrected chi connectivity index (χ4v) is 4.84. The van der Waals surface area contributed by atoms with E-state index >= 15 is 0 Å². The second kappa shape index (κ2) is 8.07. The molecule has 5 rings (SSSR count). The van der Waals surface area contributed by atoms with Gasteiger partial charge in [-0.3, -0.25) is 14.9 Å². The first-order valence-corrected chi connectivity index (χ1v) is 11.0. The summed E-state index contributed by atoms with van der Waals surface area (Å²) in [5.74, 6) is 0.678. The molecule has 1 aliphatic heterocycles. The predicted octanol–water partition coefficient (Wildman–Crippen LogP) is 4.80. The summed E-state index contributed by atoms with van der Waals surface area (Å²) in [6.45, 7) is 0. The quantitative estimate of drug-likeness (QED) is 0.360. The van der Waals surface area contributed by atoms with Crippen molar-refractivity contribution in [3.8, 4) is 5.75 Å². The van der Waals surface area contributed by atoms with Gasteiger partial charge in [0, 0.05) is 17.1 Å². The molecule has 1 unspecified atom stereocenters. The van der Waals surface area contributed by atoms with E-state index in [1.54, 1.807) is 18.9 Å². The molecule has 3 aromatic carbocycles. The zero-order valence-corrected chi connectivity index (χ0v) is 17.7. The molecule has 1 fully saturated rings. The topological polar surface area (TPSA) is 81.4 Å². The smallest absolute Gasteiger partial charge is 0.235 e. The highest BCUT2D eigenvalue weighted by Gasteiger charge is 2.32. The molecule has 4 aromatic rings. The fraction of sp³-hybridized carbons (Fsp3) is 0.208. The summed E-state index contributed by atoms with van der Waals surface area (Å²) in [5.41, 5.74) is 2.47. The number of thioether (sulfide) groups is 1. The molecule has 31 heavy (non-hydrogen) atoms. The first kappa shape index (κ1) is 19.6. The van der Waals surface area contributed by atoms with Crippen molar-refractivity contribution in [3.63, 3.8) is 0 Å². The van der Waals surface area contributed by atoms with Gasteiger partial charge in [-0.15, -0.1) is 11.8 Å². The summed E-state index contributed by atoms with van der Waals surface area (Å²) in [6, 6.07) is 18.2. The van der Waals surface area contributed by atoms with Crippen LogP contribution in [0.2, 0.25) is 0 Å². The Morgan fingerprint density at radius 2 is 1.97 bits per heavy atom. The minimum atomic E-state index is -0.478. The van der Waals surface area contributed by atoms with Gasteiger partial charge in [0.2, 0.25) is 11.8 Å². The van der Waals surface area contributed by atoms with Crippen molar-refractivity contribution in [2.45, 2.75) is 29.4 Å². The zero-order valence-electron chi connectivity index (χ0n) is 16.9. The zero-order chi connectivity index (χ0) is 21.4. The average Bonchev–Trinajstić information content (AvgIpc) is 3.22. The van der Waals surface area contributed by atoms with Gasteiger partial charge >= 0.3 is 0 Å². The maximum Gasteiger partial charge on any atom is 0.235 e. The van der Waals surface area contributed by atoms with Crippen LogP contribution in [-0.2, 0) is 15.3 Å². The lowest BCUT2D eigenvalue weighted by molar-refractivity contribution is -0.134. The van der Waals surface area contributed by atoms with Crippen LogP contribution < -0.4 is 10.1 Å². The lowest BCUT2D eigenvalue weighted by Gasteiger charge is -2.19. The Balaban J connectivity index is 1.45. The van der Waals surface area contributed by atoms with Crippen molar-refractivity contribution in [2.24, 2.45) is 0 Å². The van der Waals surface area contributed by atoms with E-state index < -0.39 is 5.92 Å². The number of fused-ring (bicyclic) bond motifs is 3. The molecular formula is C24H20N2O4S. The van der Waals surface area contributed by atoms with Gasteiger partial charge in [-0.25, -0.2) is 0 Å². The van der Waals surface area contributed by atoms with Crippen LogP contribution >= 0.6 is 11.8 Å². The number of carbonyl (C=O) groups excluding carboxylic acids is 2. The molecule has 1 atom stereocenters. The summed E-state index contributed by atoms with van der Waals surface area (Å²) in [4.78, 5) is 25.0. The monoisotopic (exact) mass is 432 g/mol. The highest BCUT2D eigenvalue weighted by atomic mass is 32.2. The minimum absolute atomic E-state index is 0.238. The van der Waals surface area contributed by atoms with E-state index in [1.807, 2.05) is 24.3 Å². The molecule has 156 valence electrons. The number of imide groups is 1.